The van der Waals surface area contributed by atoms with Gasteiger partial charge in [0.1, 0.15) is 0 Å². The number of anilines is 1. The van der Waals surface area contributed by atoms with Gasteiger partial charge >= 0.3 is 0 Å². The van der Waals surface area contributed by atoms with Crippen molar-refractivity contribution >= 4 is 5.69 Å². The lowest BCUT2D eigenvalue weighted by molar-refractivity contribution is 0.0305. The molecule has 2 fully saturated rings. The highest BCUT2D eigenvalue weighted by molar-refractivity contribution is 5.49. The molecule has 3 heteroatoms. The first-order valence-corrected chi connectivity index (χ1v) is 6.04. The molecular weight excluding hydrogens is 200 g/mol. The normalized spacial score (nSPS) is 28.4. The number of morpholine rings is 1. The number of nitrogens with two attached hydrogens (primary N) is 1. The van der Waals surface area contributed by atoms with Crippen molar-refractivity contribution in [2.45, 2.75) is 31.6 Å². The van der Waals surface area contributed by atoms with Crippen LogP contribution < -0.4 is 10.6 Å². The lowest BCUT2D eigenvalue weighted by atomic mass is 10.1. The van der Waals surface area contributed by atoms with Gasteiger partial charge in [0, 0.05) is 25.3 Å². The van der Waals surface area contributed by atoms with Gasteiger partial charge in [-0.1, -0.05) is 12.1 Å². The summed E-state index contributed by atoms with van der Waals surface area (Å²) in [6.07, 6.45) is 3.33. The number of ether oxygens (including phenoxy) is 1. The highest BCUT2D eigenvalue weighted by atomic mass is 16.5. The van der Waals surface area contributed by atoms with E-state index in [0.29, 0.717) is 18.8 Å². The summed E-state index contributed by atoms with van der Waals surface area (Å²) in [6.45, 7) is 2.68. The van der Waals surface area contributed by atoms with Crippen molar-refractivity contribution in [1.29, 1.82) is 0 Å². The molecule has 2 heterocycles. The van der Waals surface area contributed by atoms with E-state index >= 15 is 0 Å². The largest absolute Gasteiger partial charge is 0.371 e. The maximum Gasteiger partial charge on any atom is 0.0755 e. The summed E-state index contributed by atoms with van der Waals surface area (Å²) in [7, 11) is 0. The lowest BCUT2D eigenvalue weighted by Gasteiger charge is -2.34. The quantitative estimate of drug-likeness (QED) is 0.817. The lowest BCUT2D eigenvalue weighted by Crippen LogP contribution is -2.42. The monoisotopic (exact) mass is 218 g/mol. The van der Waals surface area contributed by atoms with Gasteiger partial charge in [0.05, 0.1) is 12.2 Å². The number of fused-ring (bicyclic) bond motifs is 2. The number of hydrogen-bond donors (Lipinski definition) is 1. The third-order valence-electron chi connectivity index (χ3n) is 3.55. The van der Waals surface area contributed by atoms with Gasteiger partial charge in [0.2, 0.25) is 0 Å². The maximum absolute atomic E-state index is 5.84. The first kappa shape index (κ1) is 10.1. The highest BCUT2D eigenvalue weighted by Crippen LogP contribution is 2.29. The van der Waals surface area contributed by atoms with Gasteiger partial charge in [-0.3, -0.25) is 0 Å². The fourth-order valence-corrected chi connectivity index (χ4v) is 2.71. The molecular formula is C13H18N2O. The zero-order valence-corrected chi connectivity index (χ0v) is 9.43. The number of benzene rings is 1. The van der Waals surface area contributed by atoms with Crippen LogP contribution in [-0.4, -0.2) is 25.3 Å². The van der Waals surface area contributed by atoms with Gasteiger partial charge in [0.15, 0.2) is 0 Å². The molecule has 0 saturated carbocycles. The highest BCUT2D eigenvalue weighted by Gasteiger charge is 2.33. The molecule has 0 aromatic heterocycles. The predicted octanol–water partition coefficient (Wildman–Crippen LogP) is 1.51. The molecule has 16 heavy (non-hydrogen) atoms. The van der Waals surface area contributed by atoms with E-state index in [9.17, 15) is 0 Å². The Morgan fingerprint density at radius 2 is 2.00 bits per heavy atom. The second kappa shape index (κ2) is 4.07. The van der Waals surface area contributed by atoms with Gasteiger partial charge in [-0.25, -0.2) is 0 Å². The molecule has 2 aliphatic rings. The summed E-state index contributed by atoms with van der Waals surface area (Å²) >= 11 is 0. The molecule has 1 aromatic carbocycles. The van der Waals surface area contributed by atoms with Crippen LogP contribution in [0.25, 0.3) is 0 Å². The fraction of sp³-hybridized carbons (Fsp3) is 0.538. The topological polar surface area (TPSA) is 38.5 Å². The van der Waals surface area contributed by atoms with Crippen LogP contribution in [-0.2, 0) is 11.3 Å². The van der Waals surface area contributed by atoms with Gasteiger partial charge in [0.25, 0.3) is 0 Å². The number of rotatable bonds is 2. The van der Waals surface area contributed by atoms with Gasteiger partial charge in [-0.15, -0.1) is 0 Å². The summed E-state index contributed by atoms with van der Waals surface area (Å²) in [5, 5.41) is 0. The van der Waals surface area contributed by atoms with Crippen LogP contribution >= 0.6 is 0 Å². The third kappa shape index (κ3) is 1.81. The smallest absolute Gasteiger partial charge is 0.0755 e. The zero-order valence-electron chi connectivity index (χ0n) is 9.43. The molecule has 3 nitrogen and oxygen atoms in total. The molecule has 2 N–H and O–H groups in total. The van der Waals surface area contributed by atoms with Crippen LogP contribution in [0.4, 0.5) is 5.69 Å². The Morgan fingerprint density at radius 1 is 1.25 bits per heavy atom. The van der Waals surface area contributed by atoms with Gasteiger partial charge in [-0.05, 0) is 30.5 Å². The molecule has 3 rings (SSSR count). The Hall–Kier alpha value is -1.06. The average Bonchev–Trinajstić information content (AvgIpc) is 2.68. The minimum Gasteiger partial charge on any atom is -0.371 e. The van der Waals surface area contributed by atoms with Crippen molar-refractivity contribution in [3.8, 4) is 0 Å². The van der Waals surface area contributed by atoms with Crippen LogP contribution in [0.2, 0.25) is 0 Å². The Balaban J connectivity index is 1.81. The van der Waals surface area contributed by atoms with E-state index in [1.165, 1.54) is 24.1 Å². The van der Waals surface area contributed by atoms with E-state index < -0.39 is 0 Å². The second-order valence-electron chi connectivity index (χ2n) is 4.74. The molecule has 0 aliphatic carbocycles. The maximum atomic E-state index is 5.84. The van der Waals surface area contributed by atoms with Crippen molar-refractivity contribution in [2.75, 3.05) is 18.0 Å². The van der Waals surface area contributed by atoms with Crippen molar-refractivity contribution in [1.82, 2.24) is 0 Å². The number of hydrogen-bond acceptors (Lipinski definition) is 3. The van der Waals surface area contributed by atoms with E-state index in [2.05, 4.69) is 29.2 Å². The summed E-state index contributed by atoms with van der Waals surface area (Å²) < 4.78 is 5.84. The zero-order chi connectivity index (χ0) is 11.0. The molecule has 0 spiro atoms. The summed E-state index contributed by atoms with van der Waals surface area (Å²) in [4.78, 5) is 2.44. The average molecular weight is 218 g/mol. The van der Waals surface area contributed by atoms with Crippen LogP contribution in [0.3, 0.4) is 0 Å². The molecule has 2 bridgehead atoms. The van der Waals surface area contributed by atoms with E-state index in [0.717, 1.165) is 13.1 Å². The minimum atomic E-state index is 0.445. The van der Waals surface area contributed by atoms with E-state index in [1.54, 1.807) is 0 Å². The van der Waals surface area contributed by atoms with Crippen LogP contribution in [0.5, 0.6) is 0 Å². The second-order valence-corrected chi connectivity index (χ2v) is 4.74. The molecule has 1 aromatic rings. The Labute approximate surface area is 96.2 Å². The molecule has 2 saturated heterocycles. The first-order chi connectivity index (χ1) is 7.85. The van der Waals surface area contributed by atoms with Gasteiger partial charge < -0.3 is 15.4 Å². The van der Waals surface area contributed by atoms with E-state index in [-0.39, 0.29) is 0 Å². The fourth-order valence-electron chi connectivity index (χ4n) is 2.71. The van der Waals surface area contributed by atoms with Crippen molar-refractivity contribution in [3.63, 3.8) is 0 Å². The van der Waals surface area contributed by atoms with E-state index in [4.69, 9.17) is 10.5 Å². The summed E-state index contributed by atoms with van der Waals surface area (Å²) in [6, 6.07) is 8.54. The minimum absolute atomic E-state index is 0.445. The molecule has 2 unspecified atom stereocenters. The SMILES string of the molecule is NCc1cccc(N2CC3CCC(C2)O3)c1. The number of nitrogens with zero attached hydrogens (tertiary/aromatic N) is 1. The summed E-state index contributed by atoms with van der Waals surface area (Å²) in [5.41, 5.74) is 8.17. The van der Waals surface area contributed by atoms with Crippen molar-refractivity contribution in [2.24, 2.45) is 5.73 Å². The first-order valence-electron chi connectivity index (χ1n) is 6.04. The summed E-state index contributed by atoms with van der Waals surface area (Å²) in [5.74, 6) is 0. The Morgan fingerprint density at radius 3 is 2.69 bits per heavy atom. The Kier molecular flexibility index (Phi) is 2.58. The van der Waals surface area contributed by atoms with Crippen LogP contribution in [0.15, 0.2) is 24.3 Å². The standard InChI is InChI=1S/C13H18N2O/c14-7-10-2-1-3-11(6-10)15-8-12-4-5-13(9-15)16-12/h1-3,6,12-13H,4-5,7-9,14H2. The van der Waals surface area contributed by atoms with Gasteiger partial charge in [-0.2, -0.15) is 0 Å². The third-order valence-corrected chi connectivity index (χ3v) is 3.55. The van der Waals surface area contributed by atoms with E-state index in [1.807, 2.05) is 0 Å². The molecule has 2 atom stereocenters. The molecule has 0 radical (unpaired) electrons. The van der Waals surface area contributed by atoms with Crippen LogP contribution in [0.1, 0.15) is 18.4 Å². The van der Waals surface area contributed by atoms with Crippen LogP contribution in [0, 0.1) is 0 Å². The molecule has 86 valence electrons. The van der Waals surface area contributed by atoms with Crippen molar-refractivity contribution in [3.05, 3.63) is 29.8 Å². The molecule has 2 aliphatic heterocycles. The van der Waals surface area contributed by atoms with Crippen molar-refractivity contribution < 1.29 is 4.74 Å². The molecule has 0 amide bonds. The Bertz CT molecular complexity index is 368. The predicted molar refractivity (Wildman–Crippen MR) is 64.4 cm³/mol.